The van der Waals surface area contributed by atoms with Crippen molar-refractivity contribution in [3.63, 3.8) is 0 Å². The van der Waals surface area contributed by atoms with Crippen LogP contribution in [-0.2, 0) is 20.9 Å². The summed E-state index contributed by atoms with van der Waals surface area (Å²) in [4.78, 5) is 18.6. The number of nitrogens with zero attached hydrogens (tertiary/aromatic N) is 2. The molecular formula is C19H26N2O3. The van der Waals surface area contributed by atoms with Gasteiger partial charge in [0.15, 0.2) is 0 Å². The van der Waals surface area contributed by atoms with Gasteiger partial charge in [-0.1, -0.05) is 6.07 Å². The van der Waals surface area contributed by atoms with Crippen molar-refractivity contribution in [3.8, 4) is 0 Å². The minimum absolute atomic E-state index is 0.0782. The van der Waals surface area contributed by atoms with E-state index in [9.17, 15) is 4.79 Å². The number of ether oxygens (including phenoxy) is 2. The van der Waals surface area contributed by atoms with Crippen LogP contribution in [0, 0.1) is 5.92 Å². The number of carbonyl (C=O) groups is 1. The van der Waals surface area contributed by atoms with E-state index < -0.39 is 0 Å². The Hall–Kier alpha value is -1.46. The molecule has 5 nitrogen and oxygen atoms in total. The van der Waals surface area contributed by atoms with E-state index in [1.165, 1.54) is 12.8 Å². The number of rotatable bonds is 5. The predicted octanol–water partition coefficient (Wildman–Crippen LogP) is 2.55. The lowest BCUT2D eigenvalue weighted by atomic mass is 9.88. The maximum absolute atomic E-state index is 12.2. The van der Waals surface area contributed by atoms with Crippen LogP contribution in [0.4, 0.5) is 0 Å². The molecule has 1 unspecified atom stereocenters. The minimum Gasteiger partial charge on any atom is -0.372 e. The molecule has 24 heavy (non-hydrogen) atoms. The van der Waals surface area contributed by atoms with Crippen LogP contribution >= 0.6 is 0 Å². The van der Waals surface area contributed by atoms with Crippen LogP contribution in [0.15, 0.2) is 24.4 Å². The van der Waals surface area contributed by atoms with Gasteiger partial charge in [-0.05, 0) is 43.7 Å². The fraction of sp³-hybridized carbons (Fsp3) is 0.684. The van der Waals surface area contributed by atoms with Crippen molar-refractivity contribution in [2.45, 2.75) is 56.8 Å². The maximum Gasteiger partial charge on any atom is 0.222 e. The molecule has 5 heteroatoms. The van der Waals surface area contributed by atoms with Crippen molar-refractivity contribution >= 4 is 5.91 Å². The van der Waals surface area contributed by atoms with Crippen LogP contribution in [0.3, 0.4) is 0 Å². The highest BCUT2D eigenvalue weighted by molar-refractivity contribution is 5.76. The fourth-order valence-electron chi connectivity index (χ4n) is 3.81. The lowest BCUT2D eigenvalue weighted by Gasteiger charge is -2.38. The van der Waals surface area contributed by atoms with Crippen LogP contribution in [0.2, 0.25) is 0 Å². The molecule has 0 N–H and O–H groups in total. The van der Waals surface area contributed by atoms with Gasteiger partial charge in [0.2, 0.25) is 5.91 Å². The molecule has 0 radical (unpaired) electrons. The molecule has 1 aliphatic carbocycles. The van der Waals surface area contributed by atoms with E-state index in [0.29, 0.717) is 25.0 Å². The van der Waals surface area contributed by atoms with Gasteiger partial charge in [-0.3, -0.25) is 9.78 Å². The van der Waals surface area contributed by atoms with Crippen molar-refractivity contribution in [2.75, 3.05) is 19.7 Å². The van der Waals surface area contributed by atoms with Crippen molar-refractivity contribution in [3.05, 3.63) is 30.1 Å². The molecule has 0 bridgehead atoms. The number of likely N-dealkylation sites (tertiary alicyclic amines) is 1. The maximum atomic E-state index is 12.2. The number of pyridine rings is 1. The quantitative estimate of drug-likeness (QED) is 0.832. The first-order chi connectivity index (χ1) is 11.7. The second kappa shape index (κ2) is 6.81. The van der Waals surface area contributed by atoms with Gasteiger partial charge in [0.05, 0.1) is 30.6 Å². The van der Waals surface area contributed by atoms with Gasteiger partial charge in [0, 0.05) is 32.1 Å². The molecule has 1 aromatic heterocycles. The largest absolute Gasteiger partial charge is 0.372 e. The Bertz CT molecular complexity index is 565. The van der Waals surface area contributed by atoms with E-state index in [2.05, 4.69) is 4.98 Å². The predicted molar refractivity (Wildman–Crippen MR) is 89.3 cm³/mol. The monoisotopic (exact) mass is 330 g/mol. The van der Waals surface area contributed by atoms with Crippen LogP contribution in [0.1, 0.15) is 44.2 Å². The second-order valence-electron chi connectivity index (χ2n) is 7.48. The minimum atomic E-state index is -0.0782. The summed E-state index contributed by atoms with van der Waals surface area (Å²) >= 11 is 0. The molecule has 1 atom stereocenters. The average molecular weight is 330 g/mol. The third-order valence-electron chi connectivity index (χ3n) is 5.56. The Kier molecular flexibility index (Phi) is 4.55. The number of carbonyl (C=O) groups excluding carboxylic acids is 1. The lowest BCUT2D eigenvalue weighted by molar-refractivity contribution is -0.136. The zero-order chi connectivity index (χ0) is 16.4. The zero-order valence-electron chi connectivity index (χ0n) is 14.2. The summed E-state index contributed by atoms with van der Waals surface area (Å²) in [6.07, 6.45) is 7.97. The van der Waals surface area contributed by atoms with Crippen LogP contribution in [-0.4, -0.2) is 47.2 Å². The number of aromatic nitrogens is 1. The van der Waals surface area contributed by atoms with Crippen LogP contribution in [0.25, 0.3) is 0 Å². The Morgan fingerprint density at radius 3 is 2.88 bits per heavy atom. The first-order valence-corrected chi connectivity index (χ1v) is 9.16. The summed E-state index contributed by atoms with van der Waals surface area (Å²) in [6, 6.07) is 5.87. The van der Waals surface area contributed by atoms with E-state index in [0.717, 1.165) is 44.5 Å². The molecule has 1 amide bonds. The molecule has 2 saturated heterocycles. The summed E-state index contributed by atoms with van der Waals surface area (Å²) in [5, 5.41) is 0. The molecule has 130 valence electrons. The van der Waals surface area contributed by atoms with Gasteiger partial charge < -0.3 is 14.4 Å². The molecule has 0 aromatic carbocycles. The summed E-state index contributed by atoms with van der Waals surface area (Å²) < 4.78 is 12.1. The Morgan fingerprint density at radius 2 is 2.17 bits per heavy atom. The first-order valence-electron chi connectivity index (χ1n) is 9.16. The highest BCUT2D eigenvalue weighted by atomic mass is 16.6. The molecule has 1 spiro atoms. The molecule has 1 saturated carbocycles. The average Bonchev–Trinajstić information content (AvgIpc) is 3.35. The fourth-order valence-corrected chi connectivity index (χ4v) is 3.81. The van der Waals surface area contributed by atoms with Gasteiger partial charge >= 0.3 is 0 Å². The van der Waals surface area contributed by atoms with Gasteiger partial charge in [0.1, 0.15) is 0 Å². The van der Waals surface area contributed by atoms with Gasteiger partial charge in [-0.2, -0.15) is 0 Å². The molecular weight excluding hydrogens is 304 g/mol. The van der Waals surface area contributed by atoms with Crippen molar-refractivity contribution in [1.29, 1.82) is 0 Å². The van der Waals surface area contributed by atoms with Gasteiger partial charge in [-0.15, -0.1) is 0 Å². The summed E-state index contributed by atoms with van der Waals surface area (Å²) in [6.45, 7) is 2.86. The normalized spacial score (nSPS) is 26.0. The summed E-state index contributed by atoms with van der Waals surface area (Å²) in [5.41, 5.74) is 0.879. The van der Waals surface area contributed by atoms with Crippen molar-refractivity contribution in [1.82, 2.24) is 9.88 Å². The molecule has 1 aromatic rings. The number of hydrogen-bond donors (Lipinski definition) is 0. The van der Waals surface area contributed by atoms with Crippen LogP contribution < -0.4 is 0 Å². The summed E-state index contributed by atoms with van der Waals surface area (Å²) in [7, 11) is 0. The second-order valence-corrected chi connectivity index (χ2v) is 7.48. The van der Waals surface area contributed by atoms with E-state index in [1.54, 1.807) is 6.20 Å². The van der Waals surface area contributed by atoms with Gasteiger partial charge in [0.25, 0.3) is 0 Å². The highest BCUT2D eigenvalue weighted by Gasteiger charge is 2.44. The molecule has 4 rings (SSSR count). The third-order valence-corrected chi connectivity index (χ3v) is 5.56. The lowest BCUT2D eigenvalue weighted by Crippen LogP contribution is -2.46. The molecule has 2 aliphatic heterocycles. The number of hydrogen-bond acceptors (Lipinski definition) is 4. The van der Waals surface area contributed by atoms with E-state index in [-0.39, 0.29) is 11.7 Å². The Morgan fingerprint density at radius 1 is 1.33 bits per heavy atom. The zero-order valence-corrected chi connectivity index (χ0v) is 14.2. The molecule has 3 aliphatic rings. The number of amides is 1. The Labute approximate surface area is 143 Å². The Balaban J connectivity index is 1.23. The molecule has 3 fully saturated rings. The molecule has 3 heterocycles. The van der Waals surface area contributed by atoms with Crippen molar-refractivity contribution in [2.24, 2.45) is 5.92 Å². The highest BCUT2D eigenvalue weighted by Crippen LogP contribution is 2.38. The summed E-state index contributed by atoms with van der Waals surface area (Å²) in [5.74, 6) is 1.01. The van der Waals surface area contributed by atoms with Crippen LogP contribution in [0.5, 0.6) is 0 Å². The van der Waals surface area contributed by atoms with Gasteiger partial charge in [-0.25, -0.2) is 0 Å². The van der Waals surface area contributed by atoms with E-state index >= 15 is 0 Å². The number of piperidine rings is 1. The smallest absolute Gasteiger partial charge is 0.222 e. The third kappa shape index (κ3) is 3.78. The van der Waals surface area contributed by atoms with E-state index in [1.807, 2.05) is 23.1 Å². The SMILES string of the molecule is O=C(CC1CC1)N1CCC2(CC1)CC(OCc1ccccn1)CO2. The topological polar surface area (TPSA) is 51.7 Å². The first kappa shape index (κ1) is 16.0. The van der Waals surface area contributed by atoms with Crippen molar-refractivity contribution < 1.29 is 14.3 Å². The standard InChI is InChI=1S/C19H26N2O3/c22-18(11-15-4-5-15)21-9-6-19(7-10-21)12-17(14-24-19)23-13-16-3-1-2-8-20-16/h1-3,8,15,17H,4-7,9-14H2. The van der Waals surface area contributed by atoms with E-state index in [4.69, 9.17) is 9.47 Å².